The first-order valence-corrected chi connectivity index (χ1v) is 7.53. The van der Waals surface area contributed by atoms with Crippen molar-refractivity contribution in [3.8, 4) is 11.8 Å². The summed E-state index contributed by atoms with van der Waals surface area (Å²) in [6, 6.07) is 8.95. The van der Waals surface area contributed by atoms with Crippen molar-refractivity contribution >= 4 is 0 Å². The Labute approximate surface area is 128 Å². The van der Waals surface area contributed by atoms with E-state index in [1.807, 2.05) is 18.2 Å². The van der Waals surface area contributed by atoms with Crippen LogP contribution in [0.1, 0.15) is 38.8 Å². The molecule has 21 heavy (non-hydrogen) atoms. The van der Waals surface area contributed by atoms with Gasteiger partial charge in [-0.3, -0.25) is 4.90 Å². The van der Waals surface area contributed by atoms with Gasteiger partial charge in [-0.1, -0.05) is 6.07 Å². The monoisotopic (exact) mass is 289 g/mol. The number of methoxy groups -OCH3 is 1. The number of ether oxygens (including phenoxy) is 1. The molecule has 1 N–H and O–H groups in total. The molecule has 0 spiro atoms. The lowest BCUT2D eigenvalue weighted by atomic mass is 10.1. The van der Waals surface area contributed by atoms with Gasteiger partial charge < -0.3 is 10.1 Å². The normalized spacial score (nSPS) is 11.2. The number of nitrogens with one attached hydrogen (secondary N) is 1. The lowest BCUT2D eigenvalue weighted by Crippen LogP contribution is -2.41. The van der Waals surface area contributed by atoms with Crippen LogP contribution >= 0.6 is 0 Å². The second-order valence-electron chi connectivity index (χ2n) is 5.75. The molecule has 0 heterocycles. The molecule has 0 atom stereocenters. The van der Waals surface area contributed by atoms with Gasteiger partial charge in [0.05, 0.1) is 12.7 Å². The number of hydrogen-bond donors (Lipinski definition) is 1. The summed E-state index contributed by atoms with van der Waals surface area (Å²) in [5.41, 5.74) is 1.71. The Bertz CT molecular complexity index is 469. The van der Waals surface area contributed by atoms with E-state index in [0.29, 0.717) is 23.4 Å². The fraction of sp³-hybridized carbons (Fsp3) is 0.588. The van der Waals surface area contributed by atoms with Crippen LogP contribution in [0.25, 0.3) is 0 Å². The quantitative estimate of drug-likeness (QED) is 0.748. The summed E-state index contributed by atoms with van der Waals surface area (Å²) in [5, 5.41) is 12.4. The lowest BCUT2D eigenvalue weighted by molar-refractivity contribution is 0.176. The molecule has 0 amide bonds. The van der Waals surface area contributed by atoms with Gasteiger partial charge in [-0.25, -0.2) is 0 Å². The SMILES string of the molecule is COc1cc(CNCCN(C(C)C)C(C)C)ccc1C#N. The van der Waals surface area contributed by atoms with Crippen molar-refractivity contribution in [3.05, 3.63) is 29.3 Å². The average Bonchev–Trinajstić information content (AvgIpc) is 2.45. The Balaban J connectivity index is 2.48. The van der Waals surface area contributed by atoms with Gasteiger partial charge in [0, 0.05) is 31.7 Å². The first kappa shape index (κ1) is 17.5. The van der Waals surface area contributed by atoms with E-state index in [1.165, 1.54) is 0 Å². The van der Waals surface area contributed by atoms with Crippen molar-refractivity contribution in [2.45, 2.75) is 46.3 Å². The minimum absolute atomic E-state index is 0.557. The lowest BCUT2D eigenvalue weighted by Gasteiger charge is -2.30. The zero-order valence-corrected chi connectivity index (χ0v) is 13.8. The highest BCUT2D eigenvalue weighted by Crippen LogP contribution is 2.19. The molecule has 0 saturated carbocycles. The van der Waals surface area contributed by atoms with E-state index in [9.17, 15) is 0 Å². The Morgan fingerprint density at radius 2 is 1.90 bits per heavy atom. The third kappa shape index (κ3) is 5.37. The molecule has 4 heteroatoms. The van der Waals surface area contributed by atoms with Crippen molar-refractivity contribution in [1.82, 2.24) is 10.2 Å². The molecule has 0 aliphatic rings. The van der Waals surface area contributed by atoms with E-state index in [1.54, 1.807) is 7.11 Å². The maximum absolute atomic E-state index is 8.97. The molecule has 0 bridgehead atoms. The predicted octanol–water partition coefficient (Wildman–Crippen LogP) is 2.78. The van der Waals surface area contributed by atoms with Crippen LogP contribution in [0.4, 0.5) is 0 Å². The molecule has 1 aromatic carbocycles. The van der Waals surface area contributed by atoms with Crippen molar-refractivity contribution in [3.63, 3.8) is 0 Å². The van der Waals surface area contributed by atoms with Gasteiger partial charge in [0.1, 0.15) is 11.8 Å². The largest absolute Gasteiger partial charge is 0.495 e. The van der Waals surface area contributed by atoms with E-state index < -0.39 is 0 Å². The molecule has 0 aliphatic carbocycles. The molecule has 0 radical (unpaired) electrons. The summed E-state index contributed by atoms with van der Waals surface area (Å²) >= 11 is 0. The summed E-state index contributed by atoms with van der Waals surface area (Å²) < 4.78 is 5.23. The number of benzene rings is 1. The van der Waals surface area contributed by atoms with Crippen LogP contribution in [0, 0.1) is 11.3 Å². The summed E-state index contributed by atoms with van der Waals surface area (Å²) in [7, 11) is 1.59. The van der Waals surface area contributed by atoms with E-state index in [-0.39, 0.29) is 0 Å². The Hall–Kier alpha value is -1.57. The molecule has 116 valence electrons. The second kappa shape index (κ2) is 8.66. The summed E-state index contributed by atoms with van der Waals surface area (Å²) in [4.78, 5) is 2.46. The molecule has 0 unspecified atom stereocenters. The van der Waals surface area contributed by atoms with Gasteiger partial charge in [0.2, 0.25) is 0 Å². The van der Waals surface area contributed by atoms with Crippen molar-refractivity contribution in [1.29, 1.82) is 5.26 Å². The first-order valence-electron chi connectivity index (χ1n) is 7.53. The molecule has 1 aromatic rings. The number of rotatable bonds is 8. The van der Waals surface area contributed by atoms with Crippen molar-refractivity contribution in [2.75, 3.05) is 20.2 Å². The summed E-state index contributed by atoms with van der Waals surface area (Å²) in [5.74, 6) is 0.641. The molecule has 1 rings (SSSR count). The third-order valence-electron chi connectivity index (χ3n) is 3.59. The fourth-order valence-electron chi connectivity index (χ4n) is 2.49. The van der Waals surface area contributed by atoms with Crippen molar-refractivity contribution < 1.29 is 4.74 Å². The molecule has 0 fully saturated rings. The molecule has 0 aromatic heterocycles. The van der Waals surface area contributed by atoms with Gasteiger partial charge in [-0.2, -0.15) is 5.26 Å². The topological polar surface area (TPSA) is 48.3 Å². The van der Waals surface area contributed by atoms with Crippen LogP contribution in [0.15, 0.2) is 18.2 Å². The maximum atomic E-state index is 8.97. The number of nitrogens with zero attached hydrogens (tertiary/aromatic N) is 2. The number of hydrogen-bond acceptors (Lipinski definition) is 4. The van der Waals surface area contributed by atoms with Crippen LogP contribution < -0.4 is 10.1 Å². The Morgan fingerprint density at radius 3 is 2.43 bits per heavy atom. The third-order valence-corrected chi connectivity index (χ3v) is 3.59. The number of nitriles is 1. The van der Waals surface area contributed by atoms with E-state index in [4.69, 9.17) is 10.00 Å². The highest BCUT2D eigenvalue weighted by molar-refractivity contribution is 5.45. The maximum Gasteiger partial charge on any atom is 0.136 e. The Morgan fingerprint density at radius 1 is 1.24 bits per heavy atom. The molecular formula is C17H27N3O. The zero-order chi connectivity index (χ0) is 15.8. The van der Waals surface area contributed by atoms with Crippen LogP contribution in [-0.2, 0) is 6.54 Å². The Kier molecular flexibility index (Phi) is 7.21. The smallest absolute Gasteiger partial charge is 0.136 e. The van der Waals surface area contributed by atoms with Gasteiger partial charge in [0.25, 0.3) is 0 Å². The van der Waals surface area contributed by atoms with Gasteiger partial charge >= 0.3 is 0 Å². The van der Waals surface area contributed by atoms with Crippen LogP contribution in [0.3, 0.4) is 0 Å². The van der Waals surface area contributed by atoms with Crippen LogP contribution in [0.2, 0.25) is 0 Å². The highest BCUT2D eigenvalue weighted by atomic mass is 16.5. The van der Waals surface area contributed by atoms with E-state index in [0.717, 1.165) is 25.2 Å². The second-order valence-corrected chi connectivity index (χ2v) is 5.75. The predicted molar refractivity (Wildman–Crippen MR) is 86.4 cm³/mol. The van der Waals surface area contributed by atoms with E-state index >= 15 is 0 Å². The van der Waals surface area contributed by atoms with Crippen LogP contribution in [-0.4, -0.2) is 37.2 Å². The van der Waals surface area contributed by atoms with E-state index in [2.05, 4.69) is 44.0 Å². The standard InChI is InChI=1S/C17H27N3O/c1-13(2)20(14(3)4)9-8-19-12-15-6-7-16(11-18)17(10-15)21-5/h6-7,10,13-14,19H,8-9,12H2,1-5H3. The molecule has 0 saturated heterocycles. The van der Waals surface area contributed by atoms with Gasteiger partial charge in [-0.15, -0.1) is 0 Å². The fourth-order valence-corrected chi connectivity index (χ4v) is 2.49. The average molecular weight is 289 g/mol. The molecule has 4 nitrogen and oxygen atoms in total. The van der Waals surface area contributed by atoms with Gasteiger partial charge in [0.15, 0.2) is 0 Å². The summed E-state index contributed by atoms with van der Waals surface area (Å²) in [6.45, 7) is 11.7. The van der Waals surface area contributed by atoms with Gasteiger partial charge in [-0.05, 0) is 45.4 Å². The zero-order valence-electron chi connectivity index (χ0n) is 13.8. The van der Waals surface area contributed by atoms with Crippen LogP contribution in [0.5, 0.6) is 5.75 Å². The molecular weight excluding hydrogens is 262 g/mol. The molecule has 0 aliphatic heterocycles. The minimum Gasteiger partial charge on any atom is -0.495 e. The minimum atomic E-state index is 0.557. The van der Waals surface area contributed by atoms with Crippen molar-refractivity contribution in [2.24, 2.45) is 0 Å². The first-order chi connectivity index (χ1) is 9.99. The highest BCUT2D eigenvalue weighted by Gasteiger charge is 2.12. The summed E-state index contributed by atoms with van der Waals surface area (Å²) in [6.07, 6.45) is 0.